The highest BCUT2D eigenvalue weighted by Gasteiger charge is 2.18. The Hall–Kier alpha value is -1.65. The van der Waals surface area contributed by atoms with Crippen molar-refractivity contribution in [3.05, 3.63) is 48.6 Å². The van der Waals surface area contributed by atoms with Crippen LogP contribution in [0.25, 0.3) is 0 Å². The number of aliphatic hydroxyl groups excluding tert-OH is 2. The Labute approximate surface area is 388 Å². The summed E-state index contributed by atoms with van der Waals surface area (Å²) in [7, 11) is 0. The van der Waals surface area contributed by atoms with Crippen LogP contribution in [0.5, 0.6) is 0 Å². The van der Waals surface area contributed by atoms with Crippen molar-refractivity contribution < 1.29 is 15.0 Å². The third-order valence-corrected chi connectivity index (χ3v) is 12.8. The number of hydrogen-bond acceptors (Lipinski definition) is 3. The molecule has 0 heterocycles. The monoisotopic (exact) mass is 868 g/mol. The second kappa shape index (κ2) is 53.7. The summed E-state index contributed by atoms with van der Waals surface area (Å²) in [6.07, 6.45) is 74.2. The number of nitrogens with one attached hydrogen (secondary N) is 1. The van der Waals surface area contributed by atoms with E-state index in [9.17, 15) is 15.0 Å². The summed E-state index contributed by atoms with van der Waals surface area (Å²) < 4.78 is 0. The normalized spacial score (nSPS) is 13.2. The van der Waals surface area contributed by atoms with E-state index in [4.69, 9.17) is 0 Å². The zero-order valence-electron chi connectivity index (χ0n) is 41.9. The van der Waals surface area contributed by atoms with Gasteiger partial charge in [-0.05, 0) is 57.8 Å². The first-order valence-electron chi connectivity index (χ1n) is 27.9. The van der Waals surface area contributed by atoms with Gasteiger partial charge in [0.05, 0.1) is 18.8 Å². The number of rotatable bonds is 51. The molecule has 2 unspecified atom stereocenters. The zero-order valence-corrected chi connectivity index (χ0v) is 41.9. The van der Waals surface area contributed by atoms with Crippen LogP contribution in [-0.2, 0) is 4.79 Å². The molecule has 0 aromatic carbocycles. The summed E-state index contributed by atoms with van der Waals surface area (Å²) in [5, 5.41) is 23.1. The van der Waals surface area contributed by atoms with E-state index in [2.05, 4.69) is 55.6 Å². The van der Waals surface area contributed by atoms with Gasteiger partial charge in [0.1, 0.15) is 0 Å². The molecule has 0 aliphatic heterocycles. The highest BCUT2D eigenvalue weighted by Crippen LogP contribution is 2.17. The van der Waals surface area contributed by atoms with Crippen molar-refractivity contribution in [1.29, 1.82) is 0 Å². The standard InChI is InChI=1S/C58H109NO3/c1-3-5-7-9-11-13-15-17-19-20-21-22-23-24-25-26-27-28-29-30-31-32-33-34-35-36-37-38-40-42-44-46-48-50-52-54-58(62)59-56(55-60)57(61)53-51-49-47-45-43-41-39-18-16-14-12-10-8-6-4-2/h15,17,20-21,23-24,51,53,56-57,60-61H,3-14,16,18-19,22,25-50,52,54-55H2,1-2H3,(H,59,62)/b17-15-,21-20-,24-23-,53-51+. The highest BCUT2D eigenvalue weighted by atomic mass is 16.3. The van der Waals surface area contributed by atoms with E-state index < -0.39 is 12.1 Å². The third kappa shape index (κ3) is 49.4. The number of carbonyl (C=O) groups excluding carboxylic acids is 1. The van der Waals surface area contributed by atoms with Crippen LogP contribution in [0, 0.1) is 0 Å². The Balaban J connectivity index is 3.44. The topological polar surface area (TPSA) is 69.6 Å². The molecule has 0 rings (SSSR count). The number of unbranched alkanes of at least 4 members (excludes halogenated alkanes) is 38. The number of carbonyl (C=O) groups is 1. The second-order valence-corrected chi connectivity index (χ2v) is 19.0. The molecule has 0 aromatic heterocycles. The minimum Gasteiger partial charge on any atom is -0.394 e. The van der Waals surface area contributed by atoms with Crippen molar-refractivity contribution >= 4 is 5.91 Å². The van der Waals surface area contributed by atoms with Gasteiger partial charge in [-0.1, -0.05) is 281 Å². The van der Waals surface area contributed by atoms with Gasteiger partial charge in [0, 0.05) is 6.42 Å². The molecule has 0 saturated carbocycles. The fourth-order valence-electron chi connectivity index (χ4n) is 8.54. The summed E-state index contributed by atoms with van der Waals surface area (Å²) in [6.45, 7) is 4.31. The zero-order chi connectivity index (χ0) is 44.9. The molecule has 0 aromatic rings. The summed E-state index contributed by atoms with van der Waals surface area (Å²) in [5.74, 6) is -0.0605. The smallest absolute Gasteiger partial charge is 0.220 e. The molecule has 4 heteroatoms. The SMILES string of the molecule is CCCCCCC/C=C\C/C=C\C/C=C\CCCCCCCCCCCCCCCCCCCCCCC(=O)NC(CO)C(O)/C=C/CCCCCCCCCCCCCCC. The fraction of sp³-hybridized carbons (Fsp3) is 0.845. The number of allylic oxidation sites excluding steroid dienone is 7. The van der Waals surface area contributed by atoms with E-state index in [1.165, 1.54) is 238 Å². The summed E-state index contributed by atoms with van der Waals surface area (Å²) >= 11 is 0. The van der Waals surface area contributed by atoms with Gasteiger partial charge in [0.2, 0.25) is 5.91 Å². The Morgan fingerprint density at radius 2 is 0.661 bits per heavy atom. The van der Waals surface area contributed by atoms with Crippen molar-refractivity contribution in [2.24, 2.45) is 0 Å². The molecule has 2 atom stereocenters. The van der Waals surface area contributed by atoms with Gasteiger partial charge in [-0.2, -0.15) is 0 Å². The van der Waals surface area contributed by atoms with E-state index in [1.807, 2.05) is 6.08 Å². The lowest BCUT2D eigenvalue weighted by Crippen LogP contribution is -2.45. The average Bonchev–Trinajstić information content (AvgIpc) is 3.28. The Morgan fingerprint density at radius 3 is 0.984 bits per heavy atom. The molecule has 364 valence electrons. The Bertz CT molecular complexity index is 985. The molecule has 0 saturated heterocycles. The lowest BCUT2D eigenvalue weighted by atomic mass is 10.0. The lowest BCUT2D eigenvalue weighted by molar-refractivity contribution is -0.123. The molecule has 1 amide bonds. The Morgan fingerprint density at radius 1 is 0.387 bits per heavy atom. The highest BCUT2D eigenvalue weighted by molar-refractivity contribution is 5.76. The molecular weight excluding hydrogens is 759 g/mol. The molecule has 0 fully saturated rings. The van der Waals surface area contributed by atoms with E-state index in [1.54, 1.807) is 6.08 Å². The number of hydrogen-bond donors (Lipinski definition) is 3. The number of aliphatic hydroxyl groups is 2. The maximum atomic E-state index is 12.4. The van der Waals surface area contributed by atoms with Crippen LogP contribution in [0.3, 0.4) is 0 Å². The van der Waals surface area contributed by atoms with Gasteiger partial charge in [-0.15, -0.1) is 0 Å². The first kappa shape index (κ1) is 60.4. The van der Waals surface area contributed by atoms with E-state index in [-0.39, 0.29) is 12.5 Å². The van der Waals surface area contributed by atoms with E-state index >= 15 is 0 Å². The van der Waals surface area contributed by atoms with Gasteiger partial charge < -0.3 is 15.5 Å². The molecule has 0 aliphatic rings. The second-order valence-electron chi connectivity index (χ2n) is 19.0. The average molecular weight is 869 g/mol. The summed E-state index contributed by atoms with van der Waals surface area (Å²) in [4.78, 5) is 12.4. The van der Waals surface area contributed by atoms with Crippen molar-refractivity contribution in [1.82, 2.24) is 5.32 Å². The summed E-state index contributed by atoms with van der Waals surface area (Å²) in [6, 6.07) is -0.621. The Kier molecular flexibility index (Phi) is 52.3. The van der Waals surface area contributed by atoms with Crippen LogP contribution in [0.1, 0.15) is 296 Å². The maximum Gasteiger partial charge on any atom is 0.220 e. The van der Waals surface area contributed by atoms with E-state index in [0.717, 1.165) is 38.5 Å². The maximum absolute atomic E-state index is 12.4. The molecular formula is C58H109NO3. The van der Waals surface area contributed by atoms with E-state index in [0.29, 0.717) is 6.42 Å². The van der Waals surface area contributed by atoms with Gasteiger partial charge in [-0.25, -0.2) is 0 Å². The minimum absolute atomic E-state index is 0.0605. The first-order chi connectivity index (χ1) is 30.7. The van der Waals surface area contributed by atoms with Crippen LogP contribution in [0.2, 0.25) is 0 Å². The van der Waals surface area contributed by atoms with Crippen molar-refractivity contribution in [2.75, 3.05) is 6.61 Å². The van der Waals surface area contributed by atoms with Gasteiger partial charge >= 0.3 is 0 Å². The molecule has 3 N–H and O–H groups in total. The minimum atomic E-state index is -0.838. The molecule has 0 aliphatic carbocycles. The third-order valence-electron chi connectivity index (χ3n) is 12.8. The quantitative estimate of drug-likeness (QED) is 0.0421. The molecule has 0 bridgehead atoms. The predicted molar refractivity (Wildman–Crippen MR) is 276 cm³/mol. The van der Waals surface area contributed by atoms with Crippen molar-refractivity contribution in [3.63, 3.8) is 0 Å². The summed E-state index contributed by atoms with van der Waals surface area (Å²) in [5.41, 5.74) is 0. The van der Waals surface area contributed by atoms with Crippen molar-refractivity contribution in [3.8, 4) is 0 Å². The largest absolute Gasteiger partial charge is 0.394 e. The molecule has 62 heavy (non-hydrogen) atoms. The van der Waals surface area contributed by atoms with Gasteiger partial charge in [-0.3, -0.25) is 4.79 Å². The van der Waals surface area contributed by atoms with Crippen LogP contribution < -0.4 is 5.32 Å². The van der Waals surface area contributed by atoms with Gasteiger partial charge in [0.15, 0.2) is 0 Å². The van der Waals surface area contributed by atoms with Crippen LogP contribution >= 0.6 is 0 Å². The predicted octanol–water partition coefficient (Wildman–Crippen LogP) is 18.3. The molecule has 0 spiro atoms. The van der Waals surface area contributed by atoms with Crippen LogP contribution in [0.4, 0.5) is 0 Å². The molecule has 0 radical (unpaired) electrons. The lowest BCUT2D eigenvalue weighted by Gasteiger charge is -2.20. The molecule has 4 nitrogen and oxygen atoms in total. The van der Waals surface area contributed by atoms with Crippen LogP contribution in [-0.4, -0.2) is 34.9 Å². The first-order valence-corrected chi connectivity index (χ1v) is 27.9. The number of amides is 1. The van der Waals surface area contributed by atoms with Crippen molar-refractivity contribution in [2.45, 2.75) is 309 Å². The van der Waals surface area contributed by atoms with Gasteiger partial charge in [0.25, 0.3) is 0 Å². The fourth-order valence-corrected chi connectivity index (χ4v) is 8.54. The van der Waals surface area contributed by atoms with Crippen LogP contribution in [0.15, 0.2) is 48.6 Å².